The van der Waals surface area contributed by atoms with E-state index in [1.165, 1.54) is 22.0 Å². The van der Waals surface area contributed by atoms with Crippen LogP contribution in [0.5, 0.6) is 0 Å². The first-order chi connectivity index (χ1) is 14.7. The first-order valence-corrected chi connectivity index (χ1v) is 10.9. The molecule has 2 heterocycles. The Labute approximate surface area is 191 Å². The third-order valence-corrected chi connectivity index (χ3v) is 6.48. The Morgan fingerprint density at radius 1 is 1.06 bits per heavy atom. The highest BCUT2D eigenvalue weighted by Crippen LogP contribution is 2.23. The third kappa shape index (κ3) is 4.17. The zero-order valence-corrected chi connectivity index (χ0v) is 18.9. The minimum atomic E-state index is -0.612. The highest BCUT2D eigenvalue weighted by Gasteiger charge is 2.19. The maximum absolute atomic E-state index is 13.3. The topological polar surface area (TPSA) is 73.1 Å². The summed E-state index contributed by atoms with van der Waals surface area (Å²) in [5, 5.41) is 4.04. The van der Waals surface area contributed by atoms with Crippen LogP contribution in [-0.4, -0.2) is 15.0 Å². The Balaban J connectivity index is 1.81. The fourth-order valence-electron chi connectivity index (χ4n) is 3.27. The molecule has 0 aliphatic carbocycles. The molecule has 0 saturated carbocycles. The van der Waals surface area contributed by atoms with Gasteiger partial charge in [0.15, 0.2) is 0 Å². The molecule has 9 heteroatoms. The molecule has 0 atom stereocenters. The summed E-state index contributed by atoms with van der Waals surface area (Å²) < 4.78 is 2.34. The molecule has 2 aromatic carbocycles. The smallest absolute Gasteiger partial charge is 0.324 e. The number of halogens is 2. The van der Waals surface area contributed by atoms with Crippen LogP contribution >= 0.6 is 34.5 Å². The molecule has 6 nitrogen and oxygen atoms in total. The number of fused-ring (bicyclic) bond motifs is 1. The van der Waals surface area contributed by atoms with Gasteiger partial charge in [-0.05, 0) is 55.8 Å². The summed E-state index contributed by atoms with van der Waals surface area (Å²) in [6.07, 6.45) is 0. The number of rotatable bonds is 4. The molecule has 158 valence electrons. The van der Waals surface area contributed by atoms with Crippen LogP contribution in [0.25, 0.3) is 15.9 Å². The van der Waals surface area contributed by atoms with Gasteiger partial charge in [0.25, 0.3) is 5.56 Å². The number of benzene rings is 2. The van der Waals surface area contributed by atoms with Gasteiger partial charge in [0, 0.05) is 20.6 Å². The number of thiophene rings is 1. The highest BCUT2D eigenvalue weighted by molar-refractivity contribution is 7.18. The Morgan fingerprint density at radius 3 is 2.55 bits per heavy atom. The number of nitrogens with zero attached hydrogens (tertiary/aromatic N) is 2. The number of aryl methyl sites for hydroxylation is 2. The number of anilines is 1. The lowest BCUT2D eigenvalue weighted by Gasteiger charge is -2.13. The lowest BCUT2D eigenvalue weighted by molar-refractivity contribution is -0.116. The molecule has 1 amide bonds. The van der Waals surface area contributed by atoms with Gasteiger partial charge in [0.2, 0.25) is 5.91 Å². The monoisotopic (exact) mass is 473 g/mol. The van der Waals surface area contributed by atoms with Gasteiger partial charge in [-0.25, -0.2) is 9.36 Å². The van der Waals surface area contributed by atoms with Crippen molar-refractivity contribution in [2.45, 2.75) is 20.4 Å². The second kappa shape index (κ2) is 8.34. The SMILES string of the molecule is Cc1cc2c(=O)n(-c3cccc(Cl)c3)c(=O)n(CC(=O)Nc3ccc(C)c(Cl)c3)c2s1. The van der Waals surface area contributed by atoms with Gasteiger partial charge in [0.05, 0.1) is 11.1 Å². The van der Waals surface area contributed by atoms with Gasteiger partial charge in [-0.3, -0.25) is 14.2 Å². The number of nitrogens with one attached hydrogen (secondary N) is 1. The summed E-state index contributed by atoms with van der Waals surface area (Å²) in [7, 11) is 0. The van der Waals surface area contributed by atoms with E-state index in [9.17, 15) is 14.4 Å². The van der Waals surface area contributed by atoms with Gasteiger partial charge in [-0.1, -0.05) is 35.3 Å². The molecule has 0 spiro atoms. The molecule has 4 aromatic rings. The second-order valence-electron chi connectivity index (χ2n) is 7.08. The molecule has 0 fully saturated rings. The zero-order chi connectivity index (χ0) is 22.3. The van der Waals surface area contributed by atoms with Crippen molar-refractivity contribution in [3.63, 3.8) is 0 Å². The van der Waals surface area contributed by atoms with Crippen molar-refractivity contribution in [3.8, 4) is 5.69 Å². The predicted octanol–water partition coefficient (Wildman–Crippen LogP) is 4.78. The minimum absolute atomic E-state index is 0.262. The molecular weight excluding hydrogens is 457 g/mol. The first-order valence-electron chi connectivity index (χ1n) is 9.32. The van der Waals surface area contributed by atoms with Crippen LogP contribution in [0.2, 0.25) is 10.0 Å². The van der Waals surface area contributed by atoms with E-state index in [2.05, 4.69) is 5.32 Å². The normalized spacial score (nSPS) is 11.1. The van der Waals surface area contributed by atoms with E-state index in [-0.39, 0.29) is 6.54 Å². The number of aromatic nitrogens is 2. The van der Waals surface area contributed by atoms with E-state index in [1.54, 1.807) is 42.5 Å². The van der Waals surface area contributed by atoms with Crippen molar-refractivity contribution < 1.29 is 4.79 Å². The summed E-state index contributed by atoms with van der Waals surface area (Å²) in [6.45, 7) is 3.45. The quantitative estimate of drug-likeness (QED) is 0.463. The van der Waals surface area contributed by atoms with E-state index < -0.39 is 17.2 Å². The number of carbonyl (C=O) groups excluding carboxylic acids is 1. The summed E-state index contributed by atoms with van der Waals surface area (Å²) in [5.41, 5.74) is 0.690. The molecule has 4 rings (SSSR count). The lowest BCUT2D eigenvalue weighted by atomic mass is 10.2. The molecule has 2 aromatic heterocycles. The standard InChI is InChI=1S/C22H17Cl2N3O3S/c1-12-6-7-15(10-18(12)24)25-19(28)11-26-21-17(8-13(2)31-21)20(29)27(22(26)30)16-5-3-4-14(23)9-16/h3-10H,11H2,1-2H3,(H,25,28). The molecule has 31 heavy (non-hydrogen) atoms. The maximum atomic E-state index is 13.3. The third-order valence-electron chi connectivity index (χ3n) is 4.76. The summed E-state index contributed by atoms with van der Waals surface area (Å²) >= 11 is 13.5. The summed E-state index contributed by atoms with van der Waals surface area (Å²) in [4.78, 5) is 40.4. The Morgan fingerprint density at radius 2 is 1.84 bits per heavy atom. The van der Waals surface area contributed by atoms with Crippen LogP contribution in [0, 0.1) is 13.8 Å². The number of amides is 1. The van der Waals surface area contributed by atoms with Crippen molar-refractivity contribution in [2.75, 3.05) is 5.32 Å². The van der Waals surface area contributed by atoms with Gasteiger partial charge < -0.3 is 5.32 Å². The largest absolute Gasteiger partial charge is 0.337 e. The fourth-order valence-corrected chi connectivity index (χ4v) is 4.62. The van der Waals surface area contributed by atoms with Crippen molar-refractivity contribution in [3.05, 3.63) is 89.9 Å². The molecule has 0 bridgehead atoms. The van der Waals surface area contributed by atoms with Gasteiger partial charge in [-0.15, -0.1) is 11.3 Å². The van der Waals surface area contributed by atoms with Crippen LogP contribution in [-0.2, 0) is 11.3 Å². The number of hydrogen-bond acceptors (Lipinski definition) is 4. The second-order valence-corrected chi connectivity index (χ2v) is 9.16. The molecule has 0 saturated heterocycles. The maximum Gasteiger partial charge on any atom is 0.337 e. The molecule has 1 N–H and O–H groups in total. The average Bonchev–Trinajstić information content (AvgIpc) is 3.10. The van der Waals surface area contributed by atoms with Crippen LogP contribution in [0.4, 0.5) is 5.69 Å². The van der Waals surface area contributed by atoms with Gasteiger partial charge in [0.1, 0.15) is 11.4 Å². The zero-order valence-electron chi connectivity index (χ0n) is 16.6. The molecule has 0 radical (unpaired) electrons. The molecule has 0 aliphatic heterocycles. The Kier molecular flexibility index (Phi) is 5.75. The molecule has 0 aliphatic rings. The van der Waals surface area contributed by atoms with Gasteiger partial charge in [-0.2, -0.15) is 0 Å². The Bertz CT molecular complexity index is 1450. The Hall–Kier alpha value is -2.87. The minimum Gasteiger partial charge on any atom is -0.324 e. The van der Waals surface area contributed by atoms with Crippen LogP contribution in [0.3, 0.4) is 0 Å². The molecule has 0 unspecified atom stereocenters. The number of hydrogen-bond donors (Lipinski definition) is 1. The van der Waals surface area contributed by atoms with E-state index in [0.717, 1.165) is 15.0 Å². The van der Waals surface area contributed by atoms with Crippen molar-refractivity contribution in [2.24, 2.45) is 0 Å². The highest BCUT2D eigenvalue weighted by atomic mass is 35.5. The van der Waals surface area contributed by atoms with E-state index in [1.807, 2.05) is 13.8 Å². The van der Waals surface area contributed by atoms with E-state index in [0.29, 0.717) is 31.6 Å². The average molecular weight is 474 g/mol. The molecular formula is C22H17Cl2N3O3S. The van der Waals surface area contributed by atoms with Crippen LogP contribution < -0.4 is 16.6 Å². The number of carbonyl (C=O) groups is 1. The van der Waals surface area contributed by atoms with E-state index in [4.69, 9.17) is 23.2 Å². The summed E-state index contributed by atoms with van der Waals surface area (Å²) in [5.74, 6) is -0.411. The summed E-state index contributed by atoms with van der Waals surface area (Å²) in [6, 6.07) is 13.4. The van der Waals surface area contributed by atoms with Crippen molar-refractivity contribution in [1.82, 2.24) is 9.13 Å². The van der Waals surface area contributed by atoms with Crippen LogP contribution in [0.15, 0.2) is 58.1 Å². The van der Waals surface area contributed by atoms with Crippen LogP contribution in [0.1, 0.15) is 10.4 Å². The van der Waals surface area contributed by atoms with Crippen molar-refractivity contribution >= 4 is 56.3 Å². The van der Waals surface area contributed by atoms with Crippen molar-refractivity contribution in [1.29, 1.82) is 0 Å². The van der Waals surface area contributed by atoms with Gasteiger partial charge >= 0.3 is 5.69 Å². The van der Waals surface area contributed by atoms with E-state index >= 15 is 0 Å². The lowest BCUT2D eigenvalue weighted by Crippen LogP contribution is -2.40. The first kappa shape index (κ1) is 21.4. The fraction of sp³-hybridized carbons (Fsp3) is 0.136. The predicted molar refractivity (Wildman–Crippen MR) is 126 cm³/mol.